The molecule has 6 heteroatoms. The molecule has 6 nitrogen and oxygen atoms in total. The van der Waals surface area contributed by atoms with E-state index in [1.165, 1.54) is 5.56 Å². The fourth-order valence-corrected chi connectivity index (χ4v) is 3.16. The molecular formula is C18H25N5O. The number of benzene rings is 1. The topological polar surface area (TPSA) is 62.2 Å². The predicted octanol–water partition coefficient (Wildman–Crippen LogP) is 1.70. The molecule has 0 bridgehead atoms. The Hall–Kier alpha value is -2.34. The molecule has 2 heterocycles. The van der Waals surface area contributed by atoms with Crippen LogP contribution in [-0.4, -0.2) is 46.2 Å². The van der Waals surface area contributed by atoms with Crippen LogP contribution >= 0.6 is 0 Å². The quantitative estimate of drug-likeness (QED) is 0.849. The molecule has 2 N–H and O–H groups in total. The third-order valence-corrected chi connectivity index (χ3v) is 4.47. The minimum atomic E-state index is -0.0893. The van der Waals surface area contributed by atoms with Crippen molar-refractivity contribution in [1.82, 2.24) is 25.1 Å². The van der Waals surface area contributed by atoms with E-state index in [0.717, 1.165) is 26.2 Å². The Labute approximate surface area is 142 Å². The average Bonchev–Trinajstić information content (AvgIpc) is 3.19. The lowest BCUT2D eigenvalue weighted by atomic mass is 10.1. The number of aromatic nitrogens is 2. The van der Waals surface area contributed by atoms with Crippen LogP contribution in [0.5, 0.6) is 0 Å². The Bertz CT molecular complexity index is 628. The molecule has 0 spiro atoms. The summed E-state index contributed by atoms with van der Waals surface area (Å²) in [5.74, 6) is 0.452. The zero-order valence-corrected chi connectivity index (χ0v) is 14.1. The molecule has 1 aromatic carbocycles. The molecule has 1 aromatic heterocycles. The second-order valence-corrected chi connectivity index (χ2v) is 6.46. The molecule has 0 saturated carbocycles. The molecule has 2 amide bonds. The van der Waals surface area contributed by atoms with Crippen LogP contribution in [0.25, 0.3) is 0 Å². The third kappa shape index (κ3) is 4.58. The van der Waals surface area contributed by atoms with E-state index in [1.807, 2.05) is 16.8 Å². The van der Waals surface area contributed by atoms with Crippen molar-refractivity contribution >= 4 is 6.03 Å². The number of rotatable bonds is 6. The summed E-state index contributed by atoms with van der Waals surface area (Å²) >= 11 is 0. The van der Waals surface area contributed by atoms with Crippen LogP contribution in [0, 0.1) is 5.92 Å². The van der Waals surface area contributed by atoms with Crippen LogP contribution < -0.4 is 10.6 Å². The zero-order valence-electron chi connectivity index (χ0n) is 14.1. The first-order valence-electron chi connectivity index (χ1n) is 8.47. The third-order valence-electron chi connectivity index (χ3n) is 4.47. The van der Waals surface area contributed by atoms with E-state index in [2.05, 4.69) is 51.7 Å². The summed E-state index contributed by atoms with van der Waals surface area (Å²) in [5, 5.41) is 6.02. The smallest absolute Gasteiger partial charge is 0.315 e. The van der Waals surface area contributed by atoms with Gasteiger partial charge in [-0.15, -0.1) is 0 Å². The monoisotopic (exact) mass is 327 g/mol. The molecular weight excluding hydrogens is 302 g/mol. The van der Waals surface area contributed by atoms with Crippen LogP contribution in [-0.2, 0) is 13.1 Å². The molecule has 1 fully saturated rings. The number of likely N-dealkylation sites (tertiary alicyclic amines) is 1. The maximum atomic E-state index is 12.1. The Kier molecular flexibility index (Phi) is 5.48. The highest BCUT2D eigenvalue weighted by Crippen LogP contribution is 2.18. The van der Waals surface area contributed by atoms with Crippen LogP contribution in [0.2, 0.25) is 0 Å². The van der Waals surface area contributed by atoms with E-state index in [9.17, 15) is 4.79 Å². The highest BCUT2D eigenvalue weighted by Gasteiger charge is 2.30. The van der Waals surface area contributed by atoms with Gasteiger partial charge in [0.1, 0.15) is 0 Å². The summed E-state index contributed by atoms with van der Waals surface area (Å²) < 4.78 is 1.94. The number of amides is 2. The van der Waals surface area contributed by atoms with Crippen molar-refractivity contribution in [2.24, 2.45) is 5.92 Å². The fraction of sp³-hybridized carbons (Fsp3) is 0.444. The summed E-state index contributed by atoms with van der Waals surface area (Å²) in [7, 11) is 0. The van der Waals surface area contributed by atoms with E-state index in [1.54, 1.807) is 12.5 Å². The molecule has 0 unspecified atom stereocenters. The molecule has 0 radical (unpaired) electrons. The van der Waals surface area contributed by atoms with Gasteiger partial charge in [0.15, 0.2) is 0 Å². The van der Waals surface area contributed by atoms with Gasteiger partial charge < -0.3 is 15.2 Å². The zero-order chi connectivity index (χ0) is 16.8. The lowest BCUT2D eigenvalue weighted by Gasteiger charge is -2.18. The van der Waals surface area contributed by atoms with E-state index < -0.39 is 0 Å². The molecule has 2 atom stereocenters. The highest BCUT2D eigenvalue weighted by molar-refractivity contribution is 5.74. The van der Waals surface area contributed by atoms with Gasteiger partial charge in [0.25, 0.3) is 0 Å². The number of hydrogen-bond donors (Lipinski definition) is 2. The number of nitrogens with zero attached hydrogens (tertiary/aromatic N) is 3. The molecule has 128 valence electrons. The minimum Gasteiger partial charge on any atom is -0.336 e. The first-order valence-corrected chi connectivity index (χ1v) is 8.47. The molecule has 0 aliphatic carbocycles. The van der Waals surface area contributed by atoms with Crippen molar-refractivity contribution in [3.8, 4) is 0 Å². The Morgan fingerprint density at radius 3 is 2.88 bits per heavy atom. The average molecular weight is 327 g/mol. The molecule has 1 saturated heterocycles. The SMILES string of the molecule is C[C@@H]1CN(Cc2ccccc2)C[C@@H]1NC(=O)NCCn1ccnc1. The van der Waals surface area contributed by atoms with Gasteiger partial charge in [0.05, 0.1) is 6.33 Å². The summed E-state index contributed by atoms with van der Waals surface area (Å²) in [6, 6.07) is 10.6. The second kappa shape index (κ2) is 7.97. The van der Waals surface area contributed by atoms with Gasteiger partial charge in [-0.25, -0.2) is 9.78 Å². The number of hydrogen-bond acceptors (Lipinski definition) is 3. The first kappa shape index (κ1) is 16.5. The lowest BCUT2D eigenvalue weighted by molar-refractivity contribution is 0.234. The number of carbonyl (C=O) groups excluding carboxylic acids is 1. The van der Waals surface area contributed by atoms with E-state index in [4.69, 9.17) is 0 Å². The van der Waals surface area contributed by atoms with Gasteiger partial charge in [-0.05, 0) is 11.5 Å². The second-order valence-electron chi connectivity index (χ2n) is 6.46. The first-order chi connectivity index (χ1) is 11.7. The normalized spacial score (nSPS) is 20.9. The van der Waals surface area contributed by atoms with Gasteiger partial charge in [0.2, 0.25) is 0 Å². The van der Waals surface area contributed by atoms with Gasteiger partial charge >= 0.3 is 6.03 Å². The van der Waals surface area contributed by atoms with Crippen molar-refractivity contribution in [1.29, 1.82) is 0 Å². The van der Waals surface area contributed by atoms with Crippen LogP contribution in [0.3, 0.4) is 0 Å². The van der Waals surface area contributed by atoms with Crippen molar-refractivity contribution < 1.29 is 4.79 Å². The summed E-state index contributed by atoms with van der Waals surface area (Å²) in [6.07, 6.45) is 5.38. The summed E-state index contributed by atoms with van der Waals surface area (Å²) in [4.78, 5) is 18.5. The number of carbonyl (C=O) groups is 1. The molecule has 1 aliphatic heterocycles. The van der Waals surface area contributed by atoms with Crippen LogP contribution in [0.15, 0.2) is 49.1 Å². The summed E-state index contributed by atoms with van der Waals surface area (Å²) in [6.45, 7) is 6.36. The Morgan fingerprint density at radius 1 is 1.29 bits per heavy atom. The predicted molar refractivity (Wildman–Crippen MR) is 93.4 cm³/mol. The van der Waals surface area contributed by atoms with Crippen molar-refractivity contribution in [2.75, 3.05) is 19.6 Å². The van der Waals surface area contributed by atoms with Crippen LogP contribution in [0.1, 0.15) is 12.5 Å². The van der Waals surface area contributed by atoms with E-state index >= 15 is 0 Å². The van der Waals surface area contributed by atoms with E-state index in [-0.39, 0.29) is 12.1 Å². The Balaban J connectivity index is 1.41. The maximum Gasteiger partial charge on any atom is 0.315 e. The van der Waals surface area contributed by atoms with Crippen molar-refractivity contribution in [2.45, 2.75) is 26.1 Å². The van der Waals surface area contributed by atoms with Crippen molar-refractivity contribution in [3.63, 3.8) is 0 Å². The van der Waals surface area contributed by atoms with Crippen LogP contribution in [0.4, 0.5) is 4.79 Å². The molecule has 3 rings (SSSR count). The van der Waals surface area contributed by atoms with Gasteiger partial charge in [-0.1, -0.05) is 37.3 Å². The van der Waals surface area contributed by atoms with Gasteiger partial charge in [-0.2, -0.15) is 0 Å². The number of imidazole rings is 1. The largest absolute Gasteiger partial charge is 0.336 e. The van der Waals surface area contributed by atoms with Gasteiger partial charge in [-0.3, -0.25) is 4.90 Å². The maximum absolute atomic E-state index is 12.1. The minimum absolute atomic E-state index is 0.0893. The standard InChI is InChI=1S/C18H25N5O/c1-15-11-23(12-16-5-3-2-4-6-16)13-17(15)21-18(24)20-8-10-22-9-7-19-14-22/h2-7,9,14-15,17H,8,10-13H2,1H3,(H2,20,21,24)/t15-,17+/m1/s1. The number of nitrogens with one attached hydrogen (secondary N) is 2. The van der Waals surface area contributed by atoms with E-state index in [0.29, 0.717) is 12.5 Å². The Morgan fingerprint density at radius 2 is 2.12 bits per heavy atom. The highest BCUT2D eigenvalue weighted by atomic mass is 16.2. The number of urea groups is 1. The fourth-order valence-electron chi connectivity index (χ4n) is 3.16. The lowest BCUT2D eigenvalue weighted by Crippen LogP contribution is -2.46. The molecule has 2 aromatic rings. The summed E-state index contributed by atoms with van der Waals surface area (Å²) in [5.41, 5.74) is 1.31. The van der Waals surface area contributed by atoms with Crippen molar-refractivity contribution in [3.05, 3.63) is 54.6 Å². The molecule has 1 aliphatic rings. The molecule has 24 heavy (non-hydrogen) atoms. The van der Waals surface area contributed by atoms with Gasteiger partial charge in [0, 0.05) is 51.2 Å².